The second-order valence-electron chi connectivity index (χ2n) is 6.45. The fourth-order valence-electron chi connectivity index (χ4n) is 3.54. The molecule has 0 saturated heterocycles. The lowest BCUT2D eigenvalue weighted by molar-refractivity contribution is 0.150. The van der Waals surface area contributed by atoms with E-state index in [-0.39, 0.29) is 6.04 Å². The molecule has 1 aliphatic heterocycles. The van der Waals surface area contributed by atoms with E-state index < -0.39 is 0 Å². The van der Waals surface area contributed by atoms with E-state index in [1.807, 2.05) is 6.92 Å². The number of aryl methyl sites for hydroxylation is 1. The monoisotopic (exact) mass is 319 g/mol. The molecule has 0 amide bonds. The zero-order chi connectivity index (χ0) is 16.5. The Kier molecular flexibility index (Phi) is 3.90. The van der Waals surface area contributed by atoms with Gasteiger partial charge < -0.3 is 4.52 Å². The smallest absolute Gasteiger partial charge is 0.243 e. The summed E-state index contributed by atoms with van der Waals surface area (Å²) in [4.78, 5) is 6.84. The first-order chi connectivity index (χ1) is 11.7. The van der Waals surface area contributed by atoms with Crippen LogP contribution in [0.3, 0.4) is 0 Å². The van der Waals surface area contributed by atoms with Crippen molar-refractivity contribution in [2.24, 2.45) is 0 Å². The minimum absolute atomic E-state index is 0.103. The van der Waals surface area contributed by atoms with E-state index in [1.54, 1.807) is 0 Å². The van der Waals surface area contributed by atoms with E-state index in [0.717, 1.165) is 13.1 Å². The van der Waals surface area contributed by atoms with Crippen LogP contribution in [0.25, 0.3) is 0 Å². The number of rotatable bonds is 3. The average molecular weight is 319 g/mol. The quantitative estimate of drug-likeness (QED) is 0.729. The van der Waals surface area contributed by atoms with Crippen LogP contribution in [0.5, 0.6) is 0 Å². The number of aromatic nitrogens is 2. The van der Waals surface area contributed by atoms with Gasteiger partial charge in [0.2, 0.25) is 5.89 Å². The third-order valence-corrected chi connectivity index (χ3v) is 4.87. The van der Waals surface area contributed by atoms with Gasteiger partial charge in [-0.2, -0.15) is 4.98 Å². The first kappa shape index (κ1) is 15.1. The summed E-state index contributed by atoms with van der Waals surface area (Å²) in [5, 5.41) is 3.94. The van der Waals surface area contributed by atoms with Crippen LogP contribution in [-0.4, -0.2) is 21.6 Å². The first-order valence-corrected chi connectivity index (χ1v) is 8.39. The topological polar surface area (TPSA) is 42.2 Å². The molecular weight excluding hydrogens is 298 g/mol. The Hall–Kier alpha value is -2.46. The summed E-state index contributed by atoms with van der Waals surface area (Å²) in [5.74, 6) is 1.75. The molecule has 24 heavy (non-hydrogen) atoms. The highest BCUT2D eigenvalue weighted by Crippen LogP contribution is 2.36. The van der Waals surface area contributed by atoms with Crippen molar-refractivity contribution < 1.29 is 4.52 Å². The number of hydrogen-bond acceptors (Lipinski definition) is 4. The molecule has 0 aliphatic carbocycles. The second-order valence-corrected chi connectivity index (χ2v) is 6.45. The van der Waals surface area contributed by atoms with Gasteiger partial charge >= 0.3 is 0 Å². The second kappa shape index (κ2) is 6.21. The lowest BCUT2D eigenvalue weighted by Crippen LogP contribution is -2.36. The van der Waals surface area contributed by atoms with Crippen LogP contribution in [0.4, 0.5) is 0 Å². The van der Waals surface area contributed by atoms with Gasteiger partial charge in [-0.15, -0.1) is 0 Å². The number of benzene rings is 2. The molecule has 4 rings (SSSR count). The molecular formula is C20H21N3O. The van der Waals surface area contributed by atoms with Crippen LogP contribution in [0, 0.1) is 6.92 Å². The summed E-state index contributed by atoms with van der Waals surface area (Å²) in [6.07, 6.45) is 0. The molecule has 2 heterocycles. The Morgan fingerprint density at radius 3 is 2.58 bits per heavy atom. The van der Waals surface area contributed by atoms with Crippen LogP contribution >= 0.6 is 0 Å². The number of hydrogen-bond donors (Lipinski definition) is 0. The Morgan fingerprint density at radius 2 is 1.83 bits per heavy atom. The molecule has 2 atom stereocenters. The molecule has 4 heteroatoms. The molecule has 0 radical (unpaired) electrons. The van der Waals surface area contributed by atoms with Crippen molar-refractivity contribution in [1.82, 2.24) is 15.0 Å². The molecule has 122 valence electrons. The Bertz CT molecular complexity index is 828. The SMILES string of the molecule is Cc1noc([C@H](C)N2Cc3ccccc3[C@@H](c3ccccc3)C2)n1. The van der Waals surface area contributed by atoms with E-state index in [4.69, 9.17) is 4.52 Å². The summed E-state index contributed by atoms with van der Waals surface area (Å²) >= 11 is 0. The summed E-state index contributed by atoms with van der Waals surface area (Å²) < 4.78 is 5.41. The van der Waals surface area contributed by atoms with Gasteiger partial charge in [0.25, 0.3) is 0 Å². The molecule has 0 N–H and O–H groups in total. The summed E-state index contributed by atoms with van der Waals surface area (Å²) in [5.41, 5.74) is 4.15. The van der Waals surface area contributed by atoms with E-state index >= 15 is 0 Å². The highest BCUT2D eigenvalue weighted by molar-refractivity contribution is 5.40. The zero-order valence-corrected chi connectivity index (χ0v) is 14.0. The predicted octanol–water partition coefficient (Wildman–Crippen LogP) is 4.09. The normalized spacial score (nSPS) is 19.0. The van der Waals surface area contributed by atoms with Crippen LogP contribution in [0.1, 0.15) is 47.3 Å². The van der Waals surface area contributed by atoms with Gasteiger partial charge in [0, 0.05) is 19.0 Å². The van der Waals surface area contributed by atoms with Gasteiger partial charge in [-0.1, -0.05) is 59.8 Å². The lowest BCUT2D eigenvalue weighted by Gasteiger charge is -2.37. The minimum Gasteiger partial charge on any atom is -0.338 e. The Morgan fingerprint density at radius 1 is 1.08 bits per heavy atom. The predicted molar refractivity (Wildman–Crippen MR) is 92.6 cm³/mol. The molecule has 0 unspecified atom stereocenters. The van der Waals surface area contributed by atoms with Crippen LogP contribution in [0.2, 0.25) is 0 Å². The standard InChI is InChI=1S/C20H21N3O/c1-14(20-21-15(2)22-24-20)23-12-17-10-6-7-11-18(17)19(13-23)16-8-4-3-5-9-16/h3-11,14,19H,12-13H2,1-2H3/t14-,19+/m0/s1. The van der Waals surface area contributed by atoms with Crippen LogP contribution < -0.4 is 0 Å². The van der Waals surface area contributed by atoms with Crippen LogP contribution in [-0.2, 0) is 6.54 Å². The zero-order valence-electron chi connectivity index (χ0n) is 14.0. The van der Waals surface area contributed by atoms with Crippen molar-refractivity contribution in [3.63, 3.8) is 0 Å². The van der Waals surface area contributed by atoms with E-state index in [9.17, 15) is 0 Å². The molecule has 0 spiro atoms. The third-order valence-electron chi connectivity index (χ3n) is 4.87. The van der Waals surface area contributed by atoms with E-state index in [1.165, 1.54) is 16.7 Å². The van der Waals surface area contributed by atoms with Gasteiger partial charge in [0.05, 0.1) is 6.04 Å². The van der Waals surface area contributed by atoms with Gasteiger partial charge in [0.1, 0.15) is 0 Å². The van der Waals surface area contributed by atoms with Crippen LogP contribution in [0.15, 0.2) is 59.1 Å². The summed E-state index contributed by atoms with van der Waals surface area (Å²) in [7, 11) is 0. The maximum Gasteiger partial charge on any atom is 0.243 e. The minimum atomic E-state index is 0.103. The van der Waals surface area contributed by atoms with Crippen molar-refractivity contribution in [1.29, 1.82) is 0 Å². The van der Waals surface area contributed by atoms with Gasteiger partial charge in [-0.3, -0.25) is 4.90 Å². The Balaban J connectivity index is 1.70. The lowest BCUT2D eigenvalue weighted by atomic mass is 9.84. The molecule has 4 nitrogen and oxygen atoms in total. The molecule has 0 bridgehead atoms. The highest BCUT2D eigenvalue weighted by atomic mass is 16.5. The number of fused-ring (bicyclic) bond motifs is 1. The fourth-order valence-corrected chi connectivity index (χ4v) is 3.54. The first-order valence-electron chi connectivity index (χ1n) is 8.39. The molecule has 1 aromatic heterocycles. The van der Waals surface area contributed by atoms with Gasteiger partial charge in [0.15, 0.2) is 5.82 Å². The largest absolute Gasteiger partial charge is 0.338 e. The van der Waals surface area contributed by atoms with Crippen molar-refractivity contribution in [2.45, 2.75) is 32.4 Å². The van der Waals surface area contributed by atoms with Crippen molar-refractivity contribution in [2.75, 3.05) is 6.54 Å². The molecule has 1 aliphatic rings. The maximum atomic E-state index is 5.41. The molecule has 0 saturated carbocycles. The third kappa shape index (κ3) is 2.74. The Labute approximate surface area is 142 Å². The van der Waals surface area contributed by atoms with E-state index in [2.05, 4.69) is 76.6 Å². The summed E-state index contributed by atoms with van der Waals surface area (Å²) in [6, 6.07) is 19.6. The number of nitrogens with zero attached hydrogens (tertiary/aromatic N) is 3. The maximum absolute atomic E-state index is 5.41. The fraction of sp³-hybridized carbons (Fsp3) is 0.300. The summed E-state index contributed by atoms with van der Waals surface area (Å²) in [6.45, 7) is 5.85. The van der Waals surface area contributed by atoms with Crippen molar-refractivity contribution in [3.05, 3.63) is 83.0 Å². The molecule has 2 aromatic carbocycles. The van der Waals surface area contributed by atoms with Gasteiger partial charge in [-0.05, 0) is 30.5 Å². The highest BCUT2D eigenvalue weighted by Gasteiger charge is 2.31. The van der Waals surface area contributed by atoms with Gasteiger partial charge in [-0.25, -0.2) is 0 Å². The van der Waals surface area contributed by atoms with Crippen molar-refractivity contribution >= 4 is 0 Å². The molecule has 0 fully saturated rings. The van der Waals surface area contributed by atoms with E-state index in [0.29, 0.717) is 17.6 Å². The molecule has 3 aromatic rings. The average Bonchev–Trinajstić information content (AvgIpc) is 3.07. The van der Waals surface area contributed by atoms with Crippen molar-refractivity contribution in [3.8, 4) is 0 Å².